The number of halogens is 1. The molecule has 0 saturated heterocycles. The van der Waals surface area contributed by atoms with E-state index < -0.39 is 11.7 Å². The lowest BCUT2D eigenvalue weighted by Crippen LogP contribution is -2.13. The molecule has 3 aromatic rings. The number of carbonyl (C=O) groups is 2. The Hall–Kier alpha value is -3.19. The van der Waals surface area contributed by atoms with E-state index in [1.807, 2.05) is 5.38 Å². The van der Waals surface area contributed by atoms with Gasteiger partial charge in [0.25, 0.3) is 11.8 Å². The minimum Gasteiger partial charge on any atom is -0.494 e. The first kappa shape index (κ1) is 17.6. The second-order valence-corrected chi connectivity index (χ2v) is 6.26. The lowest BCUT2D eigenvalue weighted by molar-refractivity contribution is 0.101. The summed E-state index contributed by atoms with van der Waals surface area (Å²) in [5.74, 6) is -0.773. The molecule has 3 rings (SSSR count). The Bertz CT molecular complexity index is 942. The Morgan fingerprint density at radius 1 is 1.00 bits per heavy atom. The Morgan fingerprint density at radius 2 is 1.85 bits per heavy atom. The van der Waals surface area contributed by atoms with Crippen LogP contribution >= 0.6 is 11.3 Å². The third-order valence-corrected chi connectivity index (χ3v) is 4.41. The molecule has 2 aromatic carbocycles. The van der Waals surface area contributed by atoms with E-state index in [9.17, 15) is 14.0 Å². The number of thiophene rings is 1. The number of hydrogen-bond acceptors (Lipinski definition) is 4. The average Bonchev–Trinajstić information content (AvgIpc) is 3.17. The molecular weight excluding hydrogens is 355 g/mol. The minimum atomic E-state index is -0.484. The SMILES string of the molecule is COc1cc(NC(=O)c2cccc(F)c2)ccc1NC(=O)c1cccs1. The number of rotatable bonds is 5. The van der Waals surface area contributed by atoms with Crippen LogP contribution in [0.15, 0.2) is 60.0 Å². The largest absolute Gasteiger partial charge is 0.494 e. The normalized spacial score (nSPS) is 10.2. The molecule has 1 aromatic heterocycles. The fraction of sp³-hybridized carbons (Fsp3) is 0.0526. The molecular formula is C19H15FN2O3S. The van der Waals surface area contributed by atoms with E-state index in [0.717, 1.165) is 6.07 Å². The van der Waals surface area contributed by atoms with Gasteiger partial charge in [0.1, 0.15) is 11.6 Å². The van der Waals surface area contributed by atoms with Crippen LogP contribution in [0.2, 0.25) is 0 Å². The van der Waals surface area contributed by atoms with Gasteiger partial charge < -0.3 is 15.4 Å². The quantitative estimate of drug-likeness (QED) is 0.699. The molecule has 1 heterocycles. The summed E-state index contributed by atoms with van der Waals surface area (Å²) >= 11 is 1.33. The van der Waals surface area contributed by atoms with Gasteiger partial charge in [-0.25, -0.2) is 4.39 Å². The van der Waals surface area contributed by atoms with Crippen molar-refractivity contribution in [3.8, 4) is 5.75 Å². The highest BCUT2D eigenvalue weighted by molar-refractivity contribution is 7.12. The summed E-state index contributed by atoms with van der Waals surface area (Å²) in [6.07, 6.45) is 0. The molecule has 7 heteroatoms. The van der Waals surface area contributed by atoms with Crippen molar-refractivity contribution in [2.45, 2.75) is 0 Å². The predicted octanol–water partition coefficient (Wildman–Crippen LogP) is 4.40. The van der Waals surface area contributed by atoms with Gasteiger partial charge in [0.2, 0.25) is 0 Å². The topological polar surface area (TPSA) is 67.4 Å². The number of nitrogens with one attached hydrogen (secondary N) is 2. The summed E-state index contributed by atoms with van der Waals surface area (Å²) < 4.78 is 18.5. The molecule has 0 saturated carbocycles. The van der Waals surface area contributed by atoms with Crippen molar-refractivity contribution in [2.75, 3.05) is 17.7 Å². The summed E-state index contributed by atoms with van der Waals surface area (Å²) in [6, 6.07) is 13.8. The highest BCUT2D eigenvalue weighted by Gasteiger charge is 2.13. The molecule has 0 unspecified atom stereocenters. The number of carbonyl (C=O) groups excluding carboxylic acids is 2. The number of hydrogen-bond donors (Lipinski definition) is 2. The lowest BCUT2D eigenvalue weighted by atomic mass is 10.2. The van der Waals surface area contributed by atoms with Gasteiger partial charge in [-0.05, 0) is 41.8 Å². The van der Waals surface area contributed by atoms with Crippen molar-refractivity contribution in [1.29, 1.82) is 0 Å². The van der Waals surface area contributed by atoms with Gasteiger partial charge >= 0.3 is 0 Å². The highest BCUT2D eigenvalue weighted by atomic mass is 32.1. The van der Waals surface area contributed by atoms with Crippen molar-refractivity contribution in [3.63, 3.8) is 0 Å². The maximum absolute atomic E-state index is 13.2. The maximum Gasteiger partial charge on any atom is 0.265 e. The number of anilines is 2. The van der Waals surface area contributed by atoms with Crippen molar-refractivity contribution < 1.29 is 18.7 Å². The van der Waals surface area contributed by atoms with E-state index in [0.29, 0.717) is 22.0 Å². The Kier molecular flexibility index (Phi) is 5.28. The van der Waals surface area contributed by atoms with Gasteiger partial charge in [0, 0.05) is 17.3 Å². The van der Waals surface area contributed by atoms with Gasteiger partial charge in [0.15, 0.2) is 0 Å². The molecule has 5 nitrogen and oxygen atoms in total. The summed E-state index contributed by atoms with van der Waals surface area (Å²) in [5.41, 5.74) is 1.15. The molecule has 0 aliphatic heterocycles. The number of amides is 2. The Morgan fingerprint density at radius 3 is 2.54 bits per heavy atom. The zero-order chi connectivity index (χ0) is 18.5. The number of ether oxygens (including phenoxy) is 1. The molecule has 0 radical (unpaired) electrons. The third-order valence-electron chi connectivity index (χ3n) is 3.54. The van der Waals surface area contributed by atoms with E-state index >= 15 is 0 Å². The van der Waals surface area contributed by atoms with E-state index in [4.69, 9.17) is 4.74 Å². The predicted molar refractivity (Wildman–Crippen MR) is 99.6 cm³/mol. The van der Waals surface area contributed by atoms with Gasteiger partial charge in [-0.15, -0.1) is 11.3 Å². The van der Waals surface area contributed by atoms with Crippen LogP contribution in [0.3, 0.4) is 0 Å². The maximum atomic E-state index is 13.2. The third kappa shape index (κ3) is 4.07. The van der Waals surface area contributed by atoms with Crippen LogP contribution in [0.5, 0.6) is 5.75 Å². The average molecular weight is 370 g/mol. The summed E-state index contributed by atoms with van der Waals surface area (Å²) in [4.78, 5) is 24.9. The van der Waals surface area contributed by atoms with E-state index in [1.165, 1.54) is 36.6 Å². The van der Waals surface area contributed by atoms with Crippen molar-refractivity contribution in [2.24, 2.45) is 0 Å². The first-order valence-corrected chi connectivity index (χ1v) is 8.54. The fourth-order valence-corrected chi connectivity index (χ4v) is 2.92. The first-order valence-electron chi connectivity index (χ1n) is 7.66. The molecule has 0 spiro atoms. The van der Waals surface area contributed by atoms with Crippen LogP contribution in [0.25, 0.3) is 0 Å². The summed E-state index contributed by atoms with van der Waals surface area (Å²) in [6.45, 7) is 0. The molecule has 2 N–H and O–H groups in total. The molecule has 0 aliphatic rings. The highest BCUT2D eigenvalue weighted by Crippen LogP contribution is 2.29. The van der Waals surface area contributed by atoms with Gasteiger partial charge in [-0.2, -0.15) is 0 Å². The van der Waals surface area contributed by atoms with Gasteiger partial charge in [0.05, 0.1) is 17.7 Å². The van der Waals surface area contributed by atoms with Gasteiger partial charge in [-0.1, -0.05) is 12.1 Å². The van der Waals surface area contributed by atoms with Crippen LogP contribution in [-0.2, 0) is 0 Å². The summed E-state index contributed by atoms with van der Waals surface area (Å²) in [5, 5.41) is 7.26. The number of benzene rings is 2. The molecule has 2 amide bonds. The van der Waals surface area contributed by atoms with Crippen LogP contribution in [0.1, 0.15) is 20.0 Å². The van der Waals surface area contributed by atoms with Gasteiger partial charge in [-0.3, -0.25) is 9.59 Å². The molecule has 0 atom stereocenters. The van der Waals surface area contributed by atoms with Crippen LogP contribution < -0.4 is 15.4 Å². The fourth-order valence-electron chi connectivity index (χ4n) is 2.30. The van der Waals surface area contributed by atoms with Crippen molar-refractivity contribution >= 4 is 34.5 Å². The molecule has 0 bridgehead atoms. The lowest BCUT2D eigenvalue weighted by Gasteiger charge is -2.12. The Balaban J connectivity index is 1.76. The van der Waals surface area contributed by atoms with Crippen LogP contribution in [0.4, 0.5) is 15.8 Å². The smallest absolute Gasteiger partial charge is 0.265 e. The monoisotopic (exact) mass is 370 g/mol. The van der Waals surface area contributed by atoms with Crippen LogP contribution in [0, 0.1) is 5.82 Å². The van der Waals surface area contributed by atoms with Crippen molar-refractivity contribution in [3.05, 3.63) is 76.2 Å². The van der Waals surface area contributed by atoms with Crippen molar-refractivity contribution in [1.82, 2.24) is 0 Å². The summed E-state index contributed by atoms with van der Waals surface area (Å²) in [7, 11) is 1.47. The zero-order valence-corrected chi connectivity index (χ0v) is 14.6. The second-order valence-electron chi connectivity index (χ2n) is 5.31. The number of methoxy groups -OCH3 is 1. The van der Waals surface area contributed by atoms with E-state index in [-0.39, 0.29) is 11.5 Å². The first-order chi connectivity index (χ1) is 12.6. The zero-order valence-electron chi connectivity index (χ0n) is 13.8. The van der Waals surface area contributed by atoms with E-state index in [1.54, 1.807) is 30.3 Å². The molecule has 132 valence electrons. The van der Waals surface area contributed by atoms with E-state index in [2.05, 4.69) is 10.6 Å². The molecule has 0 aliphatic carbocycles. The van der Waals surface area contributed by atoms with Crippen LogP contribution in [-0.4, -0.2) is 18.9 Å². The Labute approximate surface area is 153 Å². The standard InChI is InChI=1S/C19H15FN2O3S/c1-25-16-11-14(21-18(23)12-4-2-5-13(20)10-12)7-8-15(16)22-19(24)17-6-3-9-26-17/h2-11H,1H3,(H,21,23)(H,22,24). The second kappa shape index (κ2) is 7.79. The molecule has 0 fully saturated rings. The minimum absolute atomic E-state index is 0.207. The molecule has 26 heavy (non-hydrogen) atoms.